The molecule has 0 saturated heterocycles. The number of rotatable bonds is 2. The van der Waals surface area contributed by atoms with Crippen molar-refractivity contribution in [1.29, 1.82) is 0 Å². The van der Waals surface area contributed by atoms with Gasteiger partial charge in [-0.15, -0.1) is 10.2 Å². The van der Waals surface area contributed by atoms with Gasteiger partial charge in [0, 0.05) is 21.5 Å². The van der Waals surface area contributed by atoms with Gasteiger partial charge in [0.25, 0.3) is 0 Å². The first-order chi connectivity index (χ1) is 10.1. The number of anilines is 1. The Hall–Kier alpha value is -2.10. The van der Waals surface area contributed by atoms with Gasteiger partial charge in [-0.3, -0.25) is 0 Å². The molecule has 0 aliphatic rings. The van der Waals surface area contributed by atoms with Crippen LogP contribution in [-0.2, 0) is 0 Å². The van der Waals surface area contributed by atoms with Gasteiger partial charge in [0.05, 0.1) is 10.7 Å². The molecule has 0 aromatic heterocycles. The summed E-state index contributed by atoms with van der Waals surface area (Å²) in [5.74, 6) is 0. The van der Waals surface area contributed by atoms with Crippen LogP contribution in [0.5, 0.6) is 0 Å². The maximum atomic E-state index is 6.07. The topological polar surface area (TPSA) is 50.7 Å². The summed E-state index contributed by atoms with van der Waals surface area (Å²) in [6, 6.07) is 16.5. The Kier molecular flexibility index (Phi) is 3.78. The average Bonchev–Trinajstić information content (AvgIpc) is 2.50. The van der Waals surface area contributed by atoms with Crippen LogP contribution < -0.4 is 5.73 Å². The van der Waals surface area contributed by atoms with E-state index in [0.717, 1.165) is 16.5 Å². The van der Waals surface area contributed by atoms with Crippen molar-refractivity contribution in [1.82, 2.24) is 0 Å². The van der Waals surface area contributed by atoms with Crippen molar-refractivity contribution in [3.8, 4) is 0 Å². The summed E-state index contributed by atoms with van der Waals surface area (Å²) in [5.41, 5.74) is 7.94. The molecule has 5 heteroatoms. The molecule has 3 nitrogen and oxygen atoms in total. The Labute approximate surface area is 132 Å². The van der Waals surface area contributed by atoms with Crippen LogP contribution in [0, 0.1) is 0 Å². The molecule has 0 heterocycles. The van der Waals surface area contributed by atoms with E-state index in [4.69, 9.17) is 28.9 Å². The molecular weight excluding hydrogens is 305 g/mol. The molecule has 0 unspecified atom stereocenters. The maximum Gasteiger partial charge on any atom is 0.106 e. The van der Waals surface area contributed by atoms with E-state index in [1.165, 1.54) is 0 Å². The van der Waals surface area contributed by atoms with Crippen molar-refractivity contribution in [2.45, 2.75) is 0 Å². The third-order valence-electron chi connectivity index (χ3n) is 3.11. The number of azo groups is 1. The number of nitrogen functional groups attached to an aromatic ring is 1. The monoisotopic (exact) mass is 315 g/mol. The molecule has 2 N–H and O–H groups in total. The predicted molar refractivity (Wildman–Crippen MR) is 89.0 cm³/mol. The van der Waals surface area contributed by atoms with Gasteiger partial charge in [0.15, 0.2) is 0 Å². The molecule has 3 aromatic carbocycles. The number of benzene rings is 3. The Morgan fingerprint density at radius 1 is 0.762 bits per heavy atom. The fraction of sp³-hybridized carbons (Fsp3) is 0. The summed E-state index contributed by atoms with van der Waals surface area (Å²) < 4.78 is 0. The summed E-state index contributed by atoms with van der Waals surface area (Å²) in [6.07, 6.45) is 0. The highest BCUT2D eigenvalue weighted by Gasteiger charge is 2.04. The molecule has 3 rings (SSSR count). The van der Waals surface area contributed by atoms with Crippen LogP contribution in [0.2, 0.25) is 10.0 Å². The molecule has 0 aliphatic heterocycles. The number of halogens is 2. The average molecular weight is 316 g/mol. The van der Waals surface area contributed by atoms with Crippen LogP contribution in [0.3, 0.4) is 0 Å². The summed E-state index contributed by atoms with van der Waals surface area (Å²) in [6.45, 7) is 0. The van der Waals surface area contributed by atoms with Gasteiger partial charge in [0.1, 0.15) is 5.69 Å². The summed E-state index contributed by atoms with van der Waals surface area (Å²) in [5, 5.41) is 11.4. The van der Waals surface area contributed by atoms with E-state index >= 15 is 0 Å². The number of hydrogen-bond acceptors (Lipinski definition) is 3. The molecule has 0 atom stereocenters. The van der Waals surface area contributed by atoms with Gasteiger partial charge < -0.3 is 5.73 Å². The van der Waals surface area contributed by atoms with E-state index in [-0.39, 0.29) is 0 Å². The molecule has 0 amide bonds. The van der Waals surface area contributed by atoms with Crippen LogP contribution in [0.15, 0.2) is 64.8 Å². The summed E-state index contributed by atoms with van der Waals surface area (Å²) >= 11 is 12.0. The highest BCUT2D eigenvalue weighted by molar-refractivity contribution is 6.35. The number of hydrogen-bond donors (Lipinski definition) is 1. The number of fused-ring (bicyclic) bond motifs is 1. The molecule has 0 saturated carbocycles. The quantitative estimate of drug-likeness (QED) is 0.448. The minimum atomic E-state index is 0.503. The van der Waals surface area contributed by atoms with E-state index < -0.39 is 0 Å². The van der Waals surface area contributed by atoms with E-state index in [1.54, 1.807) is 18.2 Å². The van der Waals surface area contributed by atoms with Gasteiger partial charge >= 0.3 is 0 Å². The minimum Gasteiger partial charge on any atom is -0.398 e. The van der Waals surface area contributed by atoms with Crippen LogP contribution in [0.25, 0.3) is 10.8 Å². The lowest BCUT2D eigenvalue weighted by Crippen LogP contribution is -1.86. The first kappa shape index (κ1) is 13.9. The molecule has 3 aromatic rings. The zero-order chi connectivity index (χ0) is 14.8. The largest absolute Gasteiger partial charge is 0.398 e. The second-order valence-electron chi connectivity index (χ2n) is 4.52. The fourth-order valence-electron chi connectivity index (χ4n) is 2.06. The molecule has 21 heavy (non-hydrogen) atoms. The van der Waals surface area contributed by atoms with Crippen molar-refractivity contribution >= 4 is 51.0 Å². The zero-order valence-corrected chi connectivity index (χ0v) is 12.4. The fourth-order valence-corrected chi connectivity index (χ4v) is 2.39. The normalized spacial score (nSPS) is 11.3. The standard InChI is InChI=1S/C16H11Cl2N3/c17-10-5-6-13(18)16(9-10)21-20-15-8-7-14(19)11-3-1-2-4-12(11)15/h1-9H,19H2. The van der Waals surface area contributed by atoms with E-state index in [0.29, 0.717) is 21.4 Å². The van der Waals surface area contributed by atoms with Gasteiger partial charge in [-0.2, -0.15) is 0 Å². The molecule has 0 fully saturated rings. The summed E-state index contributed by atoms with van der Waals surface area (Å²) in [7, 11) is 0. The Morgan fingerprint density at radius 2 is 1.48 bits per heavy atom. The molecular formula is C16H11Cl2N3. The van der Waals surface area contributed by atoms with Gasteiger partial charge in [0.2, 0.25) is 0 Å². The third kappa shape index (κ3) is 2.84. The first-order valence-electron chi connectivity index (χ1n) is 6.29. The number of nitrogens with two attached hydrogens (primary N) is 1. The number of nitrogens with zero attached hydrogens (tertiary/aromatic N) is 2. The van der Waals surface area contributed by atoms with Crippen LogP contribution >= 0.6 is 23.2 Å². The van der Waals surface area contributed by atoms with Crippen LogP contribution in [-0.4, -0.2) is 0 Å². The molecule has 0 bridgehead atoms. The van der Waals surface area contributed by atoms with E-state index in [2.05, 4.69) is 10.2 Å². The summed E-state index contributed by atoms with van der Waals surface area (Å²) in [4.78, 5) is 0. The lowest BCUT2D eigenvalue weighted by Gasteiger charge is -2.04. The molecule has 0 radical (unpaired) electrons. The van der Waals surface area contributed by atoms with Gasteiger partial charge in [-0.1, -0.05) is 47.5 Å². The predicted octanol–water partition coefficient (Wildman–Crippen LogP) is 6.14. The lowest BCUT2D eigenvalue weighted by atomic mass is 10.1. The smallest absolute Gasteiger partial charge is 0.106 e. The molecule has 0 spiro atoms. The SMILES string of the molecule is Nc1ccc(N=Nc2cc(Cl)ccc2Cl)c2ccccc12. The van der Waals surface area contributed by atoms with E-state index in [1.807, 2.05) is 36.4 Å². The van der Waals surface area contributed by atoms with Crippen molar-refractivity contribution in [3.05, 3.63) is 64.6 Å². The Balaban J connectivity index is 2.08. The van der Waals surface area contributed by atoms with Crippen molar-refractivity contribution in [2.75, 3.05) is 5.73 Å². The second-order valence-corrected chi connectivity index (χ2v) is 5.36. The van der Waals surface area contributed by atoms with Crippen molar-refractivity contribution in [2.24, 2.45) is 10.2 Å². The van der Waals surface area contributed by atoms with Crippen molar-refractivity contribution in [3.63, 3.8) is 0 Å². The van der Waals surface area contributed by atoms with Crippen LogP contribution in [0.4, 0.5) is 17.1 Å². The minimum absolute atomic E-state index is 0.503. The molecule has 104 valence electrons. The zero-order valence-electron chi connectivity index (χ0n) is 10.9. The lowest BCUT2D eigenvalue weighted by molar-refractivity contribution is 1.24. The highest BCUT2D eigenvalue weighted by atomic mass is 35.5. The third-order valence-corrected chi connectivity index (χ3v) is 3.66. The second kappa shape index (κ2) is 5.72. The molecule has 0 aliphatic carbocycles. The highest BCUT2D eigenvalue weighted by Crippen LogP contribution is 2.33. The van der Waals surface area contributed by atoms with Crippen LogP contribution in [0.1, 0.15) is 0 Å². The van der Waals surface area contributed by atoms with Crippen molar-refractivity contribution < 1.29 is 0 Å². The van der Waals surface area contributed by atoms with Gasteiger partial charge in [-0.05, 0) is 30.3 Å². The Bertz CT molecular complexity index is 844. The maximum absolute atomic E-state index is 6.07. The first-order valence-corrected chi connectivity index (χ1v) is 7.05. The van der Waals surface area contributed by atoms with E-state index in [9.17, 15) is 0 Å². The van der Waals surface area contributed by atoms with Gasteiger partial charge in [-0.25, -0.2) is 0 Å². The Morgan fingerprint density at radius 3 is 2.29 bits per heavy atom.